The van der Waals surface area contributed by atoms with E-state index in [2.05, 4.69) is 4.90 Å². The van der Waals surface area contributed by atoms with Gasteiger partial charge in [0.05, 0.1) is 0 Å². The zero-order chi connectivity index (χ0) is 11.4. The Labute approximate surface area is 99.1 Å². The Bertz CT molecular complexity index is 210. The van der Waals surface area contributed by atoms with E-state index in [1.165, 1.54) is 38.8 Å². The predicted octanol–water partition coefficient (Wildman–Crippen LogP) is 2.26. The molecule has 2 rings (SSSR count). The average molecular weight is 227 g/mol. The van der Waals surface area contributed by atoms with Crippen LogP contribution in [-0.4, -0.2) is 44.0 Å². The molecule has 0 amide bonds. The Balaban J connectivity index is 1.75. The van der Waals surface area contributed by atoms with Gasteiger partial charge in [0.1, 0.15) is 0 Å². The van der Waals surface area contributed by atoms with Gasteiger partial charge in [-0.2, -0.15) is 0 Å². The van der Waals surface area contributed by atoms with Crippen molar-refractivity contribution in [3.63, 3.8) is 0 Å². The Morgan fingerprint density at radius 3 is 2.25 bits per heavy atom. The molecule has 0 aromatic carbocycles. The Morgan fingerprint density at radius 1 is 1.12 bits per heavy atom. The van der Waals surface area contributed by atoms with Crippen molar-refractivity contribution in [3.05, 3.63) is 0 Å². The molecule has 1 aliphatic heterocycles. The SMILES string of the molecule is CCOC(CN1CCC2(CCC2)C1)OCC. The van der Waals surface area contributed by atoms with Gasteiger partial charge in [0.2, 0.25) is 0 Å². The van der Waals surface area contributed by atoms with Gasteiger partial charge < -0.3 is 9.47 Å². The third-order valence-electron chi connectivity index (χ3n) is 4.04. The van der Waals surface area contributed by atoms with Crippen molar-refractivity contribution in [2.45, 2.75) is 45.8 Å². The van der Waals surface area contributed by atoms with Gasteiger partial charge in [0.15, 0.2) is 6.29 Å². The molecular weight excluding hydrogens is 202 g/mol. The molecule has 2 aliphatic rings. The second-order valence-electron chi connectivity index (χ2n) is 5.18. The Hall–Kier alpha value is -0.120. The lowest BCUT2D eigenvalue weighted by atomic mass is 9.68. The summed E-state index contributed by atoms with van der Waals surface area (Å²) < 4.78 is 11.2. The number of ether oxygens (including phenoxy) is 2. The van der Waals surface area contributed by atoms with E-state index in [1.807, 2.05) is 13.8 Å². The van der Waals surface area contributed by atoms with Crippen LogP contribution >= 0.6 is 0 Å². The first-order chi connectivity index (χ1) is 7.78. The third kappa shape index (κ3) is 2.76. The zero-order valence-corrected chi connectivity index (χ0v) is 10.7. The minimum atomic E-state index is -0.0229. The smallest absolute Gasteiger partial charge is 0.170 e. The quantitative estimate of drug-likeness (QED) is 0.650. The molecule has 1 saturated carbocycles. The summed E-state index contributed by atoms with van der Waals surface area (Å²) in [5.41, 5.74) is 0.684. The molecule has 0 aromatic rings. The van der Waals surface area contributed by atoms with Gasteiger partial charge in [-0.15, -0.1) is 0 Å². The number of nitrogens with zero attached hydrogens (tertiary/aromatic N) is 1. The van der Waals surface area contributed by atoms with Crippen molar-refractivity contribution in [2.24, 2.45) is 5.41 Å². The predicted molar refractivity (Wildman–Crippen MR) is 64.4 cm³/mol. The van der Waals surface area contributed by atoms with Crippen LogP contribution in [0.4, 0.5) is 0 Å². The van der Waals surface area contributed by atoms with Gasteiger partial charge in [0.25, 0.3) is 0 Å². The van der Waals surface area contributed by atoms with Gasteiger partial charge in [-0.3, -0.25) is 4.90 Å². The summed E-state index contributed by atoms with van der Waals surface area (Å²) in [5.74, 6) is 0. The number of hydrogen-bond acceptors (Lipinski definition) is 3. The molecule has 0 bridgehead atoms. The molecule has 3 nitrogen and oxygen atoms in total. The molecule has 0 aromatic heterocycles. The molecule has 0 unspecified atom stereocenters. The molecule has 94 valence electrons. The van der Waals surface area contributed by atoms with Crippen LogP contribution in [0.1, 0.15) is 39.5 Å². The summed E-state index contributed by atoms with van der Waals surface area (Å²) in [6.07, 6.45) is 5.69. The van der Waals surface area contributed by atoms with E-state index in [-0.39, 0.29) is 6.29 Å². The highest BCUT2D eigenvalue weighted by Gasteiger charge is 2.42. The Morgan fingerprint density at radius 2 is 1.81 bits per heavy atom. The van der Waals surface area contributed by atoms with Crippen LogP contribution in [-0.2, 0) is 9.47 Å². The molecule has 1 heterocycles. The first kappa shape index (κ1) is 12.3. The van der Waals surface area contributed by atoms with Gasteiger partial charge in [-0.05, 0) is 45.1 Å². The summed E-state index contributed by atoms with van der Waals surface area (Å²) in [7, 11) is 0. The maximum absolute atomic E-state index is 5.60. The van der Waals surface area contributed by atoms with Crippen molar-refractivity contribution in [3.8, 4) is 0 Å². The second-order valence-corrected chi connectivity index (χ2v) is 5.18. The maximum Gasteiger partial charge on any atom is 0.170 e. The monoisotopic (exact) mass is 227 g/mol. The van der Waals surface area contributed by atoms with E-state index < -0.39 is 0 Å². The summed E-state index contributed by atoms with van der Waals surface area (Å²) in [5, 5.41) is 0. The van der Waals surface area contributed by atoms with Crippen molar-refractivity contribution in [1.29, 1.82) is 0 Å². The van der Waals surface area contributed by atoms with Crippen LogP contribution in [0.15, 0.2) is 0 Å². The summed E-state index contributed by atoms with van der Waals surface area (Å²) >= 11 is 0. The van der Waals surface area contributed by atoms with Crippen LogP contribution in [0.5, 0.6) is 0 Å². The minimum absolute atomic E-state index is 0.0229. The number of rotatable bonds is 6. The molecule has 16 heavy (non-hydrogen) atoms. The summed E-state index contributed by atoms with van der Waals surface area (Å²) in [4.78, 5) is 2.52. The molecule has 1 spiro atoms. The molecule has 0 N–H and O–H groups in total. The van der Waals surface area contributed by atoms with Crippen molar-refractivity contribution < 1.29 is 9.47 Å². The number of hydrogen-bond donors (Lipinski definition) is 0. The molecule has 1 saturated heterocycles. The molecule has 1 aliphatic carbocycles. The van der Waals surface area contributed by atoms with E-state index in [0.29, 0.717) is 5.41 Å². The van der Waals surface area contributed by atoms with Gasteiger partial charge >= 0.3 is 0 Å². The van der Waals surface area contributed by atoms with Crippen LogP contribution in [0.3, 0.4) is 0 Å². The highest BCUT2D eigenvalue weighted by molar-refractivity contribution is 4.95. The fourth-order valence-electron chi connectivity index (χ4n) is 3.00. The van der Waals surface area contributed by atoms with E-state index in [9.17, 15) is 0 Å². The lowest BCUT2D eigenvalue weighted by Crippen LogP contribution is -2.38. The van der Waals surface area contributed by atoms with Crippen LogP contribution < -0.4 is 0 Å². The van der Waals surface area contributed by atoms with Crippen molar-refractivity contribution in [1.82, 2.24) is 4.90 Å². The standard InChI is InChI=1S/C13H25NO2/c1-3-15-12(16-4-2)10-14-9-8-13(11-14)6-5-7-13/h12H,3-11H2,1-2H3. The van der Waals surface area contributed by atoms with E-state index in [1.54, 1.807) is 0 Å². The number of likely N-dealkylation sites (tertiary alicyclic amines) is 1. The third-order valence-corrected chi connectivity index (χ3v) is 4.04. The van der Waals surface area contributed by atoms with Crippen LogP contribution in [0.2, 0.25) is 0 Å². The van der Waals surface area contributed by atoms with E-state index >= 15 is 0 Å². The van der Waals surface area contributed by atoms with E-state index in [4.69, 9.17) is 9.47 Å². The lowest BCUT2D eigenvalue weighted by Gasteiger charge is -2.38. The molecule has 3 heteroatoms. The highest BCUT2D eigenvalue weighted by atomic mass is 16.7. The average Bonchev–Trinajstić information content (AvgIpc) is 2.62. The fraction of sp³-hybridized carbons (Fsp3) is 1.00. The highest BCUT2D eigenvalue weighted by Crippen LogP contribution is 2.47. The summed E-state index contributed by atoms with van der Waals surface area (Å²) in [6.45, 7) is 8.99. The van der Waals surface area contributed by atoms with Gasteiger partial charge in [-0.1, -0.05) is 6.42 Å². The van der Waals surface area contributed by atoms with Crippen molar-refractivity contribution >= 4 is 0 Å². The molecule has 0 atom stereocenters. The molecule has 0 radical (unpaired) electrons. The van der Waals surface area contributed by atoms with Crippen molar-refractivity contribution in [2.75, 3.05) is 32.8 Å². The topological polar surface area (TPSA) is 21.7 Å². The summed E-state index contributed by atoms with van der Waals surface area (Å²) in [6, 6.07) is 0. The minimum Gasteiger partial charge on any atom is -0.352 e. The second kappa shape index (κ2) is 5.48. The normalized spacial score (nSPS) is 24.2. The maximum atomic E-state index is 5.60. The van der Waals surface area contributed by atoms with Crippen LogP contribution in [0, 0.1) is 5.41 Å². The van der Waals surface area contributed by atoms with E-state index in [0.717, 1.165) is 19.8 Å². The van der Waals surface area contributed by atoms with Crippen LogP contribution in [0.25, 0.3) is 0 Å². The Kier molecular flexibility index (Phi) is 4.22. The van der Waals surface area contributed by atoms with Gasteiger partial charge in [-0.25, -0.2) is 0 Å². The first-order valence-electron chi connectivity index (χ1n) is 6.73. The molecule has 2 fully saturated rings. The molecular formula is C13H25NO2. The first-order valence-corrected chi connectivity index (χ1v) is 6.73. The van der Waals surface area contributed by atoms with Gasteiger partial charge in [0, 0.05) is 26.3 Å². The largest absolute Gasteiger partial charge is 0.352 e. The zero-order valence-electron chi connectivity index (χ0n) is 10.7. The lowest BCUT2D eigenvalue weighted by molar-refractivity contribution is -0.146. The fourth-order valence-corrected chi connectivity index (χ4v) is 3.00.